The van der Waals surface area contributed by atoms with Crippen molar-refractivity contribution in [3.8, 4) is 11.3 Å². The Morgan fingerprint density at radius 1 is 1.14 bits per heavy atom. The molecule has 0 saturated heterocycles. The number of hydrogen-bond acceptors (Lipinski definition) is 4. The fourth-order valence-electron chi connectivity index (χ4n) is 2.88. The second-order valence-electron chi connectivity index (χ2n) is 6.76. The topological polar surface area (TPSA) is 59.3 Å². The quantitative estimate of drug-likeness (QED) is 0.480. The molecular weight excluding hydrogens is 387 g/mol. The molecule has 0 aliphatic rings. The van der Waals surface area contributed by atoms with Gasteiger partial charge in [0.25, 0.3) is 0 Å². The summed E-state index contributed by atoms with van der Waals surface area (Å²) in [5.41, 5.74) is 4.88. The van der Waals surface area contributed by atoms with Crippen LogP contribution in [0.25, 0.3) is 16.8 Å². The van der Waals surface area contributed by atoms with Crippen molar-refractivity contribution in [2.75, 3.05) is 11.1 Å². The minimum absolute atomic E-state index is 0.160. The van der Waals surface area contributed by atoms with E-state index < -0.39 is 0 Å². The second-order valence-corrected chi connectivity index (χ2v) is 7.72. The fraction of sp³-hybridized carbons (Fsp3) is 0.136. The first-order valence-corrected chi connectivity index (χ1v) is 10.1. The number of aryl methyl sites for hydroxylation is 2. The maximum Gasteiger partial charge on any atom is 0.234 e. The van der Waals surface area contributed by atoms with Crippen LogP contribution in [0, 0.1) is 19.7 Å². The minimum Gasteiger partial charge on any atom is -0.325 e. The second kappa shape index (κ2) is 8.05. The first-order chi connectivity index (χ1) is 14.0. The molecule has 1 amide bonds. The largest absolute Gasteiger partial charge is 0.325 e. The third-order valence-corrected chi connectivity index (χ3v) is 5.49. The van der Waals surface area contributed by atoms with Crippen molar-refractivity contribution in [1.82, 2.24) is 14.6 Å². The van der Waals surface area contributed by atoms with Crippen molar-refractivity contribution in [3.63, 3.8) is 0 Å². The Morgan fingerprint density at radius 2 is 1.93 bits per heavy atom. The zero-order valence-electron chi connectivity index (χ0n) is 16.0. The van der Waals surface area contributed by atoms with E-state index in [1.54, 1.807) is 36.0 Å². The summed E-state index contributed by atoms with van der Waals surface area (Å²) in [7, 11) is 0. The van der Waals surface area contributed by atoms with E-state index in [-0.39, 0.29) is 17.5 Å². The molecular formula is C22H19FN4OS. The van der Waals surface area contributed by atoms with Gasteiger partial charge in [0.2, 0.25) is 5.91 Å². The van der Waals surface area contributed by atoms with Gasteiger partial charge in [-0.15, -0.1) is 0 Å². The third-order valence-electron chi connectivity index (χ3n) is 4.50. The van der Waals surface area contributed by atoms with Crippen molar-refractivity contribution < 1.29 is 9.18 Å². The number of carbonyl (C=O) groups is 1. The molecule has 2 heterocycles. The van der Waals surface area contributed by atoms with Crippen LogP contribution in [0.15, 0.2) is 66.0 Å². The van der Waals surface area contributed by atoms with Crippen LogP contribution >= 0.6 is 11.8 Å². The van der Waals surface area contributed by atoms with E-state index in [2.05, 4.69) is 15.4 Å². The van der Waals surface area contributed by atoms with E-state index >= 15 is 0 Å². The highest BCUT2D eigenvalue weighted by Gasteiger charge is 2.12. The maximum atomic E-state index is 13.6. The highest BCUT2D eigenvalue weighted by molar-refractivity contribution is 8.00. The summed E-state index contributed by atoms with van der Waals surface area (Å²) in [6, 6.07) is 14.8. The molecule has 4 rings (SSSR count). The number of halogens is 1. The van der Waals surface area contributed by atoms with Crippen LogP contribution in [0.3, 0.4) is 0 Å². The molecule has 0 aliphatic heterocycles. The first kappa shape index (κ1) is 19.1. The molecule has 5 nitrogen and oxygen atoms in total. The van der Waals surface area contributed by atoms with E-state index in [0.717, 1.165) is 16.8 Å². The molecule has 0 saturated carbocycles. The molecule has 146 valence electrons. The van der Waals surface area contributed by atoms with Gasteiger partial charge in [-0.1, -0.05) is 47.7 Å². The summed E-state index contributed by atoms with van der Waals surface area (Å²) < 4.78 is 15.4. The SMILES string of the molecule is Cc1ccc(-c2cc3c(SCC(=O)Nc4ccc(C)c(F)c4)nccn3n2)cc1. The molecule has 1 N–H and O–H groups in total. The molecule has 2 aromatic carbocycles. The van der Waals surface area contributed by atoms with Crippen LogP contribution in [-0.2, 0) is 4.79 Å². The number of rotatable bonds is 5. The van der Waals surface area contributed by atoms with Crippen LogP contribution in [0.4, 0.5) is 10.1 Å². The van der Waals surface area contributed by atoms with Crippen molar-refractivity contribution in [2.45, 2.75) is 18.9 Å². The summed E-state index contributed by atoms with van der Waals surface area (Å²) in [6.07, 6.45) is 3.45. The van der Waals surface area contributed by atoms with Crippen molar-refractivity contribution in [2.24, 2.45) is 0 Å². The molecule has 2 aromatic heterocycles. The van der Waals surface area contributed by atoms with Gasteiger partial charge in [-0.25, -0.2) is 13.9 Å². The van der Waals surface area contributed by atoms with Gasteiger partial charge in [0, 0.05) is 23.6 Å². The molecule has 0 aliphatic carbocycles. The number of anilines is 1. The Hall–Kier alpha value is -3.19. The Kier molecular flexibility index (Phi) is 5.31. The van der Waals surface area contributed by atoms with Gasteiger partial charge in [0.15, 0.2) is 0 Å². The molecule has 0 fully saturated rings. The molecule has 0 atom stereocenters. The lowest BCUT2D eigenvalue weighted by atomic mass is 10.1. The van der Waals surface area contributed by atoms with Crippen molar-refractivity contribution >= 4 is 28.9 Å². The summed E-state index contributed by atoms with van der Waals surface area (Å²) >= 11 is 1.32. The maximum absolute atomic E-state index is 13.6. The summed E-state index contributed by atoms with van der Waals surface area (Å²) in [5.74, 6) is -0.405. The Bertz CT molecular complexity index is 1190. The van der Waals surface area contributed by atoms with Crippen molar-refractivity contribution in [1.29, 1.82) is 0 Å². The van der Waals surface area contributed by atoms with Gasteiger partial charge < -0.3 is 5.32 Å². The molecule has 0 spiro atoms. The van der Waals surface area contributed by atoms with Gasteiger partial charge in [0.1, 0.15) is 10.8 Å². The molecule has 7 heteroatoms. The zero-order chi connectivity index (χ0) is 20.4. The average molecular weight is 406 g/mol. The van der Waals surface area contributed by atoms with Gasteiger partial charge in [-0.05, 0) is 37.6 Å². The Morgan fingerprint density at radius 3 is 2.69 bits per heavy atom. The molecule has 0 bridgehead atoms. The number of thioether (sulfide) groups is 1. The lowest BCUT2D eigenvalue weighted by Gasteiger charge is -2.06. The van der Waals surface area contributed by atoms with E-state index in [9.17, 15) is 9.18 Å². The molecule has 0 unspecified atom stereocenters. The number of hydrogen-bond donors (Lipinski definition) is 1. The first-order valence-electron chi connectivity index (χ1n) is 9.10. The average Bonchev–Trinajstić information content (AvgIpc) is 3.14. The third kappa shape index (κ3) is 4.30. The van der Waals surface area contributed by atoms with Crippen molar-refractivity contribution in [3.05, 3.63) is 77.9 Å². The van der Waals surface area contributed by atoms with E-state index in [0.29, 0.717) is 16.3 Å². The monoisotopic (exact) mass is 406 g/mol. The van der Waals surface area contributed by atoms with Gasteiger partial charge >= 0.3 is 0 Å². The predicted octanol–water partition coefficient (Wildman–Crippen LogP) is 4.88. The van der Waals surface area contributed by atoms with E-state index in [1.807, 2.05) is 37.3 Å². The predicted molar refractivity (Wildman–Crippen MR) is 114 cm³/mol. The number of amides is 1. The Labute approximate surface area is 172 Å². The number of nitrogens with one attached hydrogen (secondary N) is 1. The fourth-order valence-corrected chi connectivity index (χ4v) is 3.65. The minimum atomic E-state index is -0.343. The van der Waals surface area contributed by atoms with E-state index in [4.69, 9.17) is 0 Å². The van der Waals surface area contributed by atoms with Crippen LogP contribution in [-0.4, -0.2) is 26.3 Å². The summed E-state index contributed by atoms with van der Waals surface area (Å²) in [5, 5.41) is 8.03. The zero-order valence-corrected chi connectivity index (χ0v) is 16.8. The van der Waals surface area contributed by atoms with E-state index in [1.165, 1.54) is 23.4 Å². The van der Waals surface area contributed by atoms with Gasteiger partial charge in [-0.2, -0.15) is 5.10 Å². The normalized spacial score (nSPS) is 11.0. The molecule has 0 radical (unpaired) electrons. The lowest BCUT2D eigenvalue weighted by molar-refractivity contribution is -0.113. The van der Waals surface area contributed by atoms with Crippen LogP contribution in [0.1, 0.15) is 11.1 Å². The van der Waals surface area contributed by atoms with Gasteiger partial charge in [-0.3, -0.25) is 4.79 Å². The number of nitrogens with zero attached hydrogens (tertiary/aromatic N) is 3. The Balaban J connectivity index is 1.49. The lowest BCUT2D eigenvalue weighted by Crippen LogP contribution is -2.14. The highest BCUT2D eigenvalue weighted by atomic mass is 32.2. The standard InChI is InChI=1S/C22H19FN4OS/c1-14-3-6-16(7-4-14)19-12-20-22(24-9-10-27(20)26-19)29-13-21(28)25-17-8-5-15(2)18(23)11-17/h3-12H,13H2,1-2H3,(H,25,28). The van der Waals surface area contributed by atoms with Crippen LogP contribution in [0.2, 0.25) is 0 Å². The molecule has 29 heavy (non-hydrogen) atoms. The molecule has 4 aromatic rings. The smallest absolute Gasteiger partial charge is 0.234 e. The highest BCUT2D eigenvalue weighted by Crippen LogP contribution is 2.26. The summed E-state index contributed by atoms with van der Waals surface area (Å²) in [4.78, 5) is 16.7. The van der Waals surface area contributed by atoms with Gasteiger partial charge in [0.05, 0.1) is 17.0 Å². The summed E-state index contributed by atoms with van der Waals surface area (Å²) in [6.45, 7) is 3.72. The number of fused-ring (bicyclic) bond motifs is 1. The van der Waals surface area contributed by atoms with Crippen LogP contribution < -0.4 is 5.32 Å². The van der Waals surface area contributed by atoms with Crippen LogP contribution in [0.5, 0.6) is 0 Å². The number of aromatic nitrogens is 3. The number of carbonyl (C=O) groups excluding carboxylic acids is 1. The number of benzene rings is 2.